The average molecular weight is 293 g/mol. The number of nitrogens with zero attached hydrogens (tertiary/aromatic N) is 2. The molecule has 1 heterocycles. The van der Waals surface area contributed by atoms with Gasteiger partial charge in [0.05, 0.1) is 17.4 Å². The van der Waals surface area contributed by atoms with Crippen molar-refractivity contribution >= 4 is 10.0 Å². The van der Waals surface area contributed by atoms with Crippen LogP contribution in [0.15, 0.2) is 29.2 Å². The first-order valence-corrected chi connectivity index (χ1v) is 8.17. The van der Waals surface area contributed by atoms with Crippen molar-refractivity contribution in [3.05, 3.63) is 29.8 Å². The van der Waals surface area contributed by atoms with Crippen molar-refractivity contribution in [1.29, 1.82) is 5.26 Å². The average Bonchev–Trinajstić information content (AvgIpc) is 2.83. The van der Waals surface area contributed by atoms with E-state index in [9.17, 15) is 8.42 Å². The van der Waals surface area contributed by atoms with Crippen LogP contribution in [-0.2, 0) is 16.4 Å². The number of rotatable bonds is 5. The summed E-state index contributed by atoms with van der Waals surface area (Å²) in [5, 5.41) is 8.59. The Labute approximate surface area is 120 Å². The Kier molecular flexibility index (Phi) is 4.76. The molecular weight excluding hydrogens is 274 g/mol. The second kappa shape index (κ2) is 6.35. The Balaban J connectivity index is 2.01. The highest BCUT2D eigenvalue weighted by Gasteiger charge is 2.23. The monoisotopic (exact) mass is 293 g/mol. The number of likely N-dealkylation sites (tertiary alicyclic amines) is 1. The van der Waals surface area contributed by atoms with E-state index in [1.165, 1.54) is 0 Å². The minimum absolute atomic E-state index is 0.250. The van der Waals surface area contributed by atoms with E-state index >= 15 is 0 Å². The molecule has 2 rings (SSSR count). The summed E-state index contributed by atoms with van der Waals surface area (Å²) in [6.07, 6.45) is 2.44. The maximum absolute atomic E-state index is 12.2. The first kappa shape index (κ1) is 15.0. The molecule has 108 valence electrons. The van der Waals surface area contributed by atoms with E-state index in [4.69, 9.17) is 5.26 Å². The Morgan fingerprint density at radius 3 is 2.65 bits per heavy atom. The van der Waals surface area contributed by atoms with Gasteiger partial charge in [-0.2, -0.15) is 5.26 Å². The largest absolute Gasteiger partial charge is 0.302 e. The number of sulfonamides is 1. The van der Waals surface area contributed by atoms with Crippen LogP contribution in [-0.4, -0.2) is 39.5 Å². The number of hydrogen-bond donors (Lipinski definition) is 1. The number of nitrogens with one attached hydrogen (secondary N) is 1. The van der Waals surface area contributed by atoms with Gasteiger partial charge in [0.15, 0.2) is 0 Å². The summed E-state index contributed by atoms with van der Waals surface area (Å²) in [5.41, 5.74) is 0.821. The number of nitriles is 1. The molecular formula is C14H19N3O2S. The Bertz CT molecular complexity index is 590. The highest BCUT2D eigenvalue weighted by molar-refractivity contribution is 7.89. The van der Waals surface area contributed by atoms with Gasteiger partial charge in [-0.05, 0) is 44.1 Å². The molecule has 20 heavy (non-hydrogen) atoms. The molecule has 6 heteroatoms. The van der Waals surface area contributed by atoms with Crippen LogP contribution in [0.25, 0.3) is 0 Å². The first-order chi connectivity index (χ1) is 9.53. The van der Waals surface area contributed by atoms with Crippen LogP contribution in [0.5, 0.6) is 0 Å². The summed E-state index contributed by atoms with van der Waals surface area (Å²) < 4.78 is 27.0. The molecule has 1 aromatic rings. The van der Waals surface area contributed by atoms with Crippen molar-refractivity contribution in [1.82, 2.24) is 9.62 Å². The van der Waals surface area contributed by atoms with Gasteiger partial charge in [0.2, 0.25) is 10.0 Å². The van der Waals surface area contributed by atoms with Crippen LogP contribution < -0.4 is 4.72 Å². The molecule has 0 radical (unpaired) electrons. The van der Waals surface area contributed by atoms with Crippen LogP contribution in [0.4, 0.5) is 0 Å². The number of hydrogen-bond acceptors (Lipinski definition) is 4. The molecule has 0 aromatic heterocycles. The summed E-state index contributed by atoms with van der Waals surface area (Å²) in [6, 6.07) is 8.78. The van der Waals surface area contributed by atoms with Gasteiger partial charge in [-0.1, -0.05) is 12.1 Å². The Morgan fingerprint density at radius 2 is 2.10 bits per heavy atom. The van der Waals surface area contributed by atoms with Crippen LogP contribution in [0.2, 0.25) is 0 Å². The SMILES string of the molecule is CN1CCCC1CNS(=O)(=O)c1ccc(CC#N)cc1. The topological polar surface area (TPSA) is 73.2 Å². The van der Waals surface area contributed by atoms with E-state index in [1.807, 2.05) is 13.1 Å². The molecule has 1 aliphatic rings. The first-order valence-electron chi connectivity index (χ1n) is 6.69. The van der Waals surface area contributed by atoms with Crippen molar-refractivity contribution in [2.75, 3.05) is 20.1 Å². The summed E-state index contributed by atoms with van der Waals surface area (Å²) in [6.45, 7) is 1.47. The summed E-state index contributed by atoms with van der Waals surface area (Å²) in [4.78, 5) is 2.43. The van der Waals surface area contributed by atoms with E-state index in [0.29, 0.717) is 13.0 Å². The van der Waals surface area contributed by atoms with Crippen LogP contribution in [0.3, 0.4) is 0 Å². The summed E-state index contributed by atoms with van der Waals surface area (Å²) >= 11 is 0. The fourth-order valence-corrected chi connectivity index (χ4v) is 3.48. The van der Waals surface area contributed by atoms with E-state index in [2.05, 4.69) is 9.62 Å². The van der Waals surface area contributed by atoms with Gasteiger partial charge in [-0.25, -0.2) is 13.1 Å². The summed E-state index contributed by atoms with van der Waals surface area (Å²) in [7, 11) is -1.45. The number of benzene rings is 1. The molecule has 1 saturated heterocycles. The Hall–Kier alpha value is -1.42. The molecule has 1 unspecified atom stereocenters. The van der Waals surface area contributed by atoms with E-state index in [-0.39, 0.29) is 10.9 Å². The van der Waals surface area contributed by atoms with Gasteiger partial charge in [-0.3, -0.25) is 0 Å². The second-order valence-corrected chi connectivity index (χ2v) is 6.87. The molecule has 1 fully saturated rings. The van der Waals surface area contributed by atoms with Gasteiger partial charge < -0.3 is 4.90 Å². The fourth-order valence-electron chi connectivity index (χ4n) is 2.40. The minimum atomic E-state index is -3.46. The third kappa shape index (κ3) is 3.57. The van der Waals surface area contributed by atoms with Gasteiger partial charge in [0, 0.05) is 12.6 Å². The third-order valence-corrected chi connectivity index (χ3v) is 5.14. The van der Waals surface area contributed by atoms with Crippen molar-refractivity contribution in [2.24, 2.45) is 0 Å². The molecule has 0 saturated carbocycles. The zero-order valence-corrected chi connectivity index (χ0v) is 12.4. The zero-order chi connectivity index (χ0) is 14.6. The predicted octanol–water partition coefficient (Wildman–Crippen LogP) is 1.13. The summed E-state index contributed by atoms with van der Waals surface area (Å²) in [5.74, 6) is 0. The molecule has 0 bridgehead atoms. The normalized spacial score (nSPS) is 19.9. The predicted molar refractivity (Wildman–Crippen MR) is 76.6 cm³/mol. The van der Waals surface area contributed by atoms with Crippen LogP contribution >= 0.6 is 0 Å². The molecule has 1 atom stereocenters. The molecule has 1 N–H and O–H groups in total. The maximum Gasteiger partial charge on any atom is 0.240 e. The highest BCUT2D eigenvalue weighted by Crippen LogP contribution is 2.15. The Morgan fingerprint density at radius 1 is 1.40 bits per heavy atom. The van der Waals surface area contributed by atoms with Gasteiger partial charge in [0.1, 0.15) is 0 Å². The smallest absolute Gasteiger partial charge is 0.240 e. The zero-order valence-electron chi connectivity index (χ0n) is 11.5. The lowest BCUT2D eigenvalue weighted by atomic mass is 10.2. The van der Waals surface area contributed by atoms with E-state index < -0.39 is 10.0 Å². The van der Waals surface area contributed by atoms with Crippen molar-refractivity contribution in [3.63, 3.8) is 0 Å². The second-order valence-electron chi connectivity index (χ2n) is 5.11. The highest BCUT2D eigenvalue weighted by atomic mass is 32.2. The lowest BCUT2D eigenvalue weighted by Gasteiger charge is -2.19. The molecule has 0 spiro atoms. The maximum atomic E-state index is 12.2. The van der Waals surface area contributed by atoms with E-state index in [1.54, 1.807) is 24.3 Å². The third-order valence-electron chi connectivity index (χ3n) is 3.70. The number of likely N-dealkylation sites (N-methyl/N-ethyl adjacent to an activating group) is 1. The molecule has 0 aliphatic carbocycles. The lowest BCUT2D eigenvalue weighted by Crippen LogP contribution is -2.38. The van der Waals surface area contributed by atoms with Gasteiger partial charge >= 0.3 is 0 Å². The molecule has 0 amide bonds. The quantitative estimate of drug-likeness (QED) is 0.883. The van der Waals surface area contributed by atoms with Crippen LogP contribution in [0, 0.1) is 11.3 Å². The van der Waals surface area contributed by atoms with Crippen molar-refractivity contribution in [2.45, 2.75) is 30.2 Å². The van der Waals surface area contributed by atoms with Crippen LogP contribution in [0.1, 0.15) is 18.4 Å². The standard InChI is InChI=1S/C14H19N3O2S/c1-17-10-2-3-13(17)11-16-20(18,19)14-6-4-12(5-7-14)8-9-15/h4-7,13,16H,2-3,8,10-11H2,1H3. The minimum Gasteiger partial charge on any atom is -0.302 e. The molecule has 1 aliphatic heterocycles. The van der Waals surface area contributed by atoms with Gasteiger partial charge in [-0.15, -0.1) is 0 Å². The van der Waals surface area contributed by atoms with Gasteiger partial charge in [0.25, 0.3) is 0 Å². The lowest BCUT2D eigenvalue weighted by molar-refractivity contribution is 0.311. The molecule has 5 nitrogen and oxygen atoms in total. The fraction of sp³-hybridized carbons (Fsp3) is 0.500. The molecule has 1 aromatic carbocycles. The van der Waals surface area contributed by atoms with Crippen molar-refractivity contribution in [3.8, 4) is 6.07 Å². The van der Waals surface area contributed by atoms with E-state index in [0.717, 1.165) is 24.9 Å². The van der Waals surface area contributed by atoms with Crippen molar-refractivity contribution < 1.29 is 8.42 Å².